The Kier molecular flexibility index (Phi) is 7.48. The Labute approximate surface area is 168 Å². The largest absolute Gasteiger partial charge is 0.383 e. The molecular formula is C21H32N2O4S. The Bertz CT molecular complexity index is 730. The van der Waals surface area contributed by atoms with Crippen molar-refractivity contribution < 1.29 is 17.9 Å². The van der Waals surface area contributed by atoms with E-state index < -0.39 is 9.84 Å². The first kappa shape index (κ1) is 21.3. The summed E-state index contributed by atoms with van der Waals surface area (Å²) in [7, 11) is -1.41. The molecule has 28 heavy (non-hydrogen) atoms. The van der Waals surface area contributed by atoms with E-state index in [4.69, 9.17) is 4.74 Å². The molecule has 2 heterocycles. The third-order valence-electron chi connectivity index (χ3n) is 5.94. The van der Waals surface area contributed by atoms with Crippen LogP contribution >= 0.6 is 0 Å². The lowest BCUT2D eigenvalue weighted by atomic mass is 9.90. The monoisotopic (exact) mass is 408 g/mol. The molecule has 0 N–H and O–H groups in total. The van der Waals surface area contributed by atoms with Crippen molar-refractivity contribution in [1.82, 2.24) is 9.80 Å². The van der Waals surface area contributed by atoms with E-state index in [9.17, 15) is 13.2 Å². The summed E-state index contributed by atoms with van der Waals surface area (Å²) in [5.74, 6) is 0.958. The van der Waals surface area contributed by atoms with Gasteiger partial charge in [0, 0.05) is 19.7 Å². The van der Waals surface area contributed by atoms with Gasteiger partial charge < -0.3 is 9.64 Å². The lowest BCUT2D eigenvalue weighted by Gasteiger charge is -2.34. The summed E-state index contributed by atoms with van der Waals surface area (Å²) in [5, 5.41) is 0. The second-order valence-corrected chi connectivity index (χ2v) is 10.3. The zero-order chi connectivity index (χ0) is 20.0. The number of benzene rings is 1. The van der Waals surface area contributed by atoms with Crippen molar-refractivity contribution in [2.24, 2.45) is 5.92 Å². The zero-order valence-electron chi connectivity index (χ0n) is 16.8. The third-order valence-corrected chi connectivity index (χ3v) is 7.69. The third kappa shape index (κ3) is 6.03. The Morgan fingerprint density at radius 3 is 2.50 bits per heavy atom. The van der Waals surface area contributed by atoms with Crippen LogP contribution in [0.15, 0.2) is 30.3 Å². The van der Waals surface area contributed by atoms with Gasteiger partial charge in [0.1, 0.15) is 0 Å². The average molecular weight is 409 g/mol. The predicted molar refractivity (Wildman–Crippen MR) is 110 cm³/mol. The summed E-state index contributed by atoms with van der Waals surface area (Å²) in [6.45, 7) is 3.11. The van der Waals surface area contributed by atoms with E-state index in [1.165, 1.54) is 5.56 Å². The summed E-state index contributed by atoms with van der Waals surface area (Å²) in [6.07, 6.45) is 3.83. The fourth-order valence-electron chi connectivity index (χ4n) is 4.30. The lowest BCUT2D eigenvalue weighted by Crippen LogP contribution is -2.49. The minimum atomic E-state index is -3.02. The fourth-order valence-corrected chi connectivity index (χ4v) is 6.03. The number of likely N-dealkylation sites (tertiary alicyclic amines) is 1. The van der Waals surface area contributed by atoms with Crippen molar-refractivity contribution in [3.05, 3.63) is 35.9 Å². The van der Waals surface area contributed by atoms with Gasteiger partial charge in [-0.1, -0.05) is 30.3 Å². The zero-order valence-corrected chi connectivity index (χ0v) is 17.6. The van der Waals surface area contributed by atoms with Gasteiger partial charge in [-0.3, -0.25) is 9.69 Å². The first-order valence-corrected chi connectivity index (χ1v) is 12.0. The standard InChI is InChI=1S/C21H32N2O4S/c1-27-13-12-23(20-9-14-28(25,26)17-20)21(24)16-22-10-7-19(8-11-22)15-18-5-3-2-4-6-18/h2-6,19-20H,7-17H2,1H3. The van der Waals surface area contributed by atoms with Gasteiger partial charge in [0.2, 0.25) is 5.91 Å². The van der Waals surface area contributed by atoms with Crippen molar-refractivity contribution in [3.63, 3.8) is 0 Å². The molecule has 0 spiro atoms. The van der Waals surface area contributed by atoms with Gasteiger partial charge in [0.05, 0.1) is 24.7 Å². The maximum absolute atomic E-state index is 12.9. The summed E-state index contributed by atoms with van der Waals surface area (Å²) in [4.78, 5) is 16.9. The van der Waals surface area contributed by atoms with Gasteiger partial charge in [-0.25, -0.2) is 8.42 Å². The van der Waals surface area contributed by atoms with Crippen LogP contribution in [-0.2, 0) is 25.8 Å². The number of hydrogen-bond acceptors (Lipinski definition) is 5. The molecule has 1 atom stereocenters. The maximum atomic E-state index is 12.9. The van der Waals surface area contributed by atoms with Crippen LogP contribution in [0, 0.1) is 5.92 Å². The van der Waals surface area contributed by atoms with E-state index >= 15 is 0 Å². The lowest BCUT2D eigenvalue weighted by molar-refractivity contribution is -0.135. The quantitative estimate of drug-likeness (QED) is 0.654. The molecule has 1 unspecified atom stereocenters. The molecule has 0 aliphatic carbocycles. The number of carbonyl (C=O) groups is 1. The molecule has 2 fully saturated rings. The fraction of sp³-hybridized carbons (Fsp3) is 0.667. The molecule has 2 aliphatic heterocycles. The number of sulfone groups is 1. The molecule has 0 radical (unpaired) electrons. The molecule has 3 rings (SSSR count). The van der Waals surface area contributed by atoms with Crippen LogP contribution in [0.3, 0.4) is 0 Å². The van der Waals surface area contributed by atoms with Crippen LogP contribution in [0.4, 0.5) is 0 Å². The molecule has 1 aromatic carbocycles. The highest BCUT2D eigenvalue weighted by Crippen LogP contribution is 2.23. The molecule has 1 amide bonds. The number of nitrogens with zero attached hydrogens (tertiary/aromatic N) is 2. The Hall–Kier alpha value is -1.44. The molecule has 156 valence electrons. The van der Waals surface area contributed by atoms with E-state index in [1.807, 2.05) is 6.07 Å². The van der Waals surface area contributed by atoms with E-state index in [0.717, 1.165) is 32.4 Å². The van der Waals surface area contributed by atoms with Crippen LogP contribution in [0.5, 0.6) is 0 Å². The molecule has 6 nitrogen and oxygen atoms in total. The highest BCUT2D eigenvalue weighted by molar-refractivity contribution is 7.91. The highest BCUT2D eigenvalue weighted by atomic mass is 32.2. The van der Waals surface area contributed by atoms with Crippen LogP contribution in [0.1, 0.15) is 24.8 Å². The normalized spacial score (nSPS) is 23.0. The van der Waals surface area contributed by atoms with Gasteiger partial charge in [-0.2, -0.15) is 0 Å². The molecule has 1 aromatic rings. The summed E-state index contributed by atoms with van der Waals surface area (Å²) in [5.41, 5.74) is 1.38. The van der Waals surface area contributed by atoms with Gasteiger partial charge >= 0.3 is 0 Å². The number of carbonyl (C=O) groups excluding carboxylic acids is 1. The minimum absolute atomic E-state index is 0.0284. The number of rotatable bonds is 8. The highest BCUT2D eigenvalue weighted by Gasteiger charge is 2.35. The molecule has 7 heteroatoms. The van der Waals surface area contributed by atoms with Gasteiger partial charge in [-0.05, 0) is 50.3 Å². The van der Waals surface area contributed by atoms with E-state index in [0.29, 0.717) is 32.0 Å². The average Bonchev–Trinajstić information content (AvgIpc) is 3.04. The van der Waals surface area contributed by atoms with E-state index in [-0.39, 0.29) is 23.5 Å². The van der Waals surface area contributed by atoms with Crippen molar-refractivity contribution in [2.75, 3.05) is 51.4 Å². The first-order valence-electron chi connectivity index (χ1n) is 10.2. The van der Waals surface area contributed by atoms with Crippen molar-refractivity contribution in [3.8, 4) is 0 Å². The summed E-state index contributed by atoms with van der Waals surface area (Å²) in [6, 6.07) is 10.4. The Balaban J connectivity index is 1.50. The molecule has 0 aromatic heterocycles. The smallest absolute Gasteiger partial charge is 0.237 e. The number of hydrogen-bond donors (Lipinski definition) is 0. The number of piperidine rings is 1. The van der Waals surface area contributed by atoms with Gasteiger partial charge in [0.25, 0.3) is 0 Å². The van der Waals surface area contributed by atoms with E-state index in [2.05, 4.69) is 29.2 Å². The number of methoxy groups -OCH3 is 1. The van der Waals surface area contributed by atoms with E-state index in [1.54, 1.807) is 12.0 Å². The van der Waals surface area contributed by atoms with Crippen LogP contribution in [0.25, 0.3) is 0 Å². The van der Waals surface area contributed by atoms with Crippen LogP contribution in [0.2, 0.25) is 0 Å². The summed E-state index contributed by atoms with van der Waals surface area (Å²) < 4.78 is 28.8. The molecule has 0 saturated carbocycles. The number of amides is 1. The van der Waals surface area contributed by atoms with Crippen molar-refractivity contribution in [2.45, 2.75) is 31.7 Å². The first-order chi connectivity index (χ1) is 13.5. The van der Waals surface area contributed by atoms with Crippen molar-refractivity contribution >= 4 is 15.7 Å². The van der Waals surface area contributed by atoms with Crippen molar-refractivity contribution in [1.29, 1.82) is 0 Å². The summed E-state index contributed by atoms with van der Waals surface area (Å²) >= 11 is 0. The predicted octanol–water partition coefficient (Wildman–Crippen LogP) is 1.60. The Morgan fingerprint density at radius 1 is 1.18 bits per heavy atom. The molecular weight excluding hydrogens is 376 g/mol. The SMILES string of the molecule is COCCN(C(=O)CN1CCC(Cc2ccccc2)CC1)C1CCS(=O)(=O)C1. The maximum Gasteiger partial charge on any atom is 0.237 e. The van der Waals surface area contributed by atoms with Gasteiger partial charge in [-0.15, -0.1) is 0 Å². The van der Waals surface area contributed by atoms with Crippen LogP contribution < -0.4 is 0 Å². The number of ether oxygens (including phenoxy) is 1. The van der Waals surface area contributed by atoms with Crippen LogP contribution in [-0.4, -0.2) is 81.6 Å². The molecule has 0 bridgehead atoms. The molecule has 2 aliphatic rings. The second kappa shape index (κ2) is 9.85. The van der Waals surface area contributed by atoms with Gasteiger partial charge in [0.15, 0.2) is 9.84 Å². The topological polar surface area (TPSA) is 66.9 Å². The molecule has 2 saturated heterocycles. The minimum Gasteiger partial charge on any atom is -0.383 e. The Morgan fingerprint density at radius 2 is 1.89 bits per heavy atom. The second-order valence-electron chi connectivity index (χ2n) is 8.05.